The first-order chi connectivity index (χ1) is 13.8. The lowest BCUT2D eigenvalue weighted by molar-refractivity contribution is -0.137. The van der Waals surface area contributed by atoms with Crippen molar-refractivity contribution in [2.24, 2.45) is 23.2 Å². The zero-order valence-corrected chi connectivity index (χ0v) is 15.6. The molecule has 4 aliphatic rings. The van der Waals surface area contributed by atoms with E-state index in [1.807, 2.05) is 12.1 Å². The highest BCUT2D eigenvalue weighted by Crippen LogP contribution is 2.61. The highest BCUT2D eigenvalue weighted by molar-refractivity contribution is 5.78. The van der Waals surface area contributed by atoms with Crippen molar-refractivity contribution in [1.82, 2.24) is 10.8 Å². The van der Waals surface area contributed by atoms with Crippen LogP contribution in [0.5, 0.6) is 5.75 Å². The number of ether oxygens (including phenoxy) is 1. The number of hydrogen-bond donors (Lipinski definition) is 2. The van der Waals surface area contributed by atoms with Crippen LogP contribution in [0.2, 0.25) is 0 Å². The molecule has 0 saturated heterocycles. The molecule has 0 spiro atoms. The van der Waals surface area contributed by atoms with E-state index >= 15 is 0 Å². The minimum absolute atomic E-state index is 0.223. The highest BCUT2D eigenvalue weighted by Gasteiger charge is 2.51. The van der Waals surface area contributed by atoms with E-state index in [0.29, 0.717) is 17.8 Å². The lowest BCUT2D eigenvalue weighted by Crippen LogP contribution is -2.48. The lowest BCUT2D eigenvalue weighted by Gasteiger charge is -2.56. The summed E-state index contributed by atoms with van der Waals surface area (Å²) < 4.78 is 22.2. The van der Waals surface area contributed by atoms with E-state index in [1.54, 1.807) is 19.2 Å². The Labute approximate surface area is 162 Å². The van der Waals surface area contributed by atoms with Gasteiger partial charge in [-0.15, -0.1) is 0 Å². The number of carbonyl (C=O) groups is 2. The molecule has 27 heavy (non-hydrogen) atoms. The van der Waals surface area contributed by atoms with Gasteiger partial charge in [0.25, 0.3) is 5.91 Å². The molecule has 1 aromatic rings. The van der Waals surface area contributed by atoms with E-state index in [1.165, 1.54) is 19.3 Å². The molecule has 0 unspecified atom stereocenters. The molecule has 0 heterocycles. The van der Waals surface area contributed by atoms with Crippen LogP contribution >= 0.6 is 0 Å². The first-order valence-electron chi connectivity index (χ1n) is 10.7. The van der Waals surface area contributed by atoms with Gasteiger partial charge >= 0.3 is 6.09 Å². The molecule has 4 bridgehead atoms. The van der Waals surface area contributed by atoms with Gasteiger partial charge in [-0.25, -0.2) is 4.79 Å². The second-order valence-electron chi connectivity index (χ2n) is 8.35. The van der Waals surface area contributed by atoms with Crippen molar-refractivity contribution in [3.63, 3.8) is 0 Å². The van der Waals surface area contributed by atoms with Crippen molar-refractivity contribution in [1.29, 1.82) is 0 Å². The third-order valence-corrected chi connectivity index (χ3v) is 6.25. The average Bonchev–Trinajstić information content (AvgIpc) is 2.69. The standard InChI is InChI=1S/C21H28N2O4/c1-26-18-4-2-14(3-5-18)13-22-20(25)27-23-19(24)12-21-9-15-6-16(10-21)8-17(7-15)11-21/h2-5,15-17H,6-13H2,1H3,(H,22,25)(H,23,24)/i12D2. The molecule has 1 aromatic carbocycles. The second kappa shape index (κ2) is 7.41. The maximum atomic E-state index is 12.6. The second-order valence-corrected chi connectivity index (χ2v) is 8.35. The summed E-state index contributed by atoms with van der Waals surface area (Å²) in [6.45, 7) is 0.223. The Kier molecular flexibility index (Phi) is 4.33. The molecule has 4 aliphatic carbocycles. The highest BCUT2D eigenvalue weighted by atomic mass is 16.7. The number of benzene rings is 1. The van der Waals surface area contributed by atoms with Gasteiger partial charge in [0, 0.05) is 15.7 Å². The molecule has 2 N–H and O–H groups in total. The third-order valence-electron chi connectivity index (χ3n) is 6.25. The van der Waals surface area contributed by atoms with Gasteiger partial charge in [-0.2, -0.15) is 5.48 Å². The zero-order valence-electron chi connectivity index (χ0n) is 17.6. The van der Waals surface area contributed by atoms with Crippen LogP contribution < -0.4 is 15.5 Å². The van der Waals surface area contributed by atoms with Crippen LogP contribution in [0.4, 0.5) is 4.79 Å². The van der Waals surface area contributed by atoms with Gasteiger partial charge in [0.15, 0.2) is 0 Å². The minimum Gasteiger partial charge on any atom is -0.497 e. The first kappa shape index (κ1) is 15.8. The van der Waals surface area contributed by atoms with Gasteiger partial charge < -0.3 is 14.9 Å². The van der Waals surface area contributed by atoms with Gasteiger partial charge in [0.2, 0.25) is 0 Å². The molecule has 2 amide bonds. The topological polar surface area (TPSA) is 76.7 Å². The van der Waals surface area contributed by atoms with E-state index in [2.05, 4.69) is 10.8 Å². The Bertz CT molecular complexity index is 746. The molecule has 146 valence electrons. The summed E-state index contributed by atoms with van der Waals surface area (Å²) in [5.74, 6) is 1.43. The summed E-state index contributed by atoms with van der Waals surface area (Å²) in [5, 5.41) is 2.54. The molecule has 0 aliphatic heterocycles. The molecular formula is C21H28N2O4. The maximum Gasteiger partial charge on any atom is 0.431 e. The first-order valence-corrected chi connectivity index (χ1v) is 9.69. The number of rotatable bonds is 5. The summed E-state index contributed by atoms with van der Waals surface area (Å²) in [6, 6.07) is 7.18. The molecule has 0 atom stereocenters. The fourth-order valence-electron chi connectivity index (χ4n) is 5.58. The SMILES string of the molecule is [2H]C([2H])(C(=O)NOC(=O)NCc1ccc(OC)cc1)C12CC3CC(CC(C3)C1)C2. The summed E-state index contributed by atoms with van der Waals surface area (Å²) >= 11 is 0. The van der Waals surface area contributed by atoms with E-state index in [4.69, 9.17) is 12.3 Å². The summed E-state index contributed by atoms with van der Waals surface area (Å²) in [7, 11) is 1.58. The van der Waals surface area contributed by atoms with Crippen LogP contribution in [-0.4, -0.2) is 19.1 Å². The Morgan fingerprint density at radius 3 is 2.26 bits per heavy atom. The Hall–Kier alpha value is -2.24. The molecule has 4 fully saturated rings. The largest absolute Gasteiger partial charge is 0.497 e. The van der Waals surface area contributed by atoms with E-state index < -0.39 is 23.8 Å². The normalized spacial score (nSPS) is 32.3. The molecule has 4 saturated carbocycles. The van der Waals surface area contributed by atoms with Crippen LogP contribution in [0.25, 0.3) is 0 Å². The van der Waals surface area contributed by atoms with E-state index in [-0.39, 0.29) is 6.54 Å². The zero-order chi connectivity index (χ0) is 20.6. The predicted octanol–water partition coefficient (Wildman–Crippen LogP) is 3.56. The predicted molar refractivity (Wildman–Crippen MR) is 99.7 cm³/mol. The molecule has 6 nitrogen and oxygen atoms in total. The number of hydrogen-bond acceptors (Lipinski definition) is 4. The van der Waals surface area contributed by atoms with Gasteiger partial charge in [0.05, 0.1) is 7.11 Å². The Balaban J connectivity index is 1.30. The molecular weight excluding hydrogens is 344 g/mol. The van der Waals surface area contributed by atoms with Crippen molar-refractivity contribution < 1.29 is 21.9 Å². The molecule has 5 rings (SSSR count). The van der Waals surface area contributed by atoms with Gasteiger partial charge in [-0.3, -0.25) is 4.79 Å². The Morgan fingerprint density at radius 2 is 1.70 bits per heavy atom. The van der Waals surface area contributed by atoms with Crippen molar-refractivity contribution in [2.75, 3.05) is 7.11 Å². The number of carbonyl (C=O) groups excluding carboxylic acids is 2. The van der Waals surface area contributed by atoms with Gasteiger partial charge in [-0.05, 0) is 79.4 Å². The van der Waals surface area contributed by atoms with Gasteiger partial charge in [-0.1, -0.05) is 12.1 Å². The van der Waals surface area contributed by atoms with Crippen molar-refractivity contribution in [3.8, 4) is 5.75 Å². The average molecular weight is 374 g/mol. The monoisotopic (exact) mass is 374 g/mol. The summed E-state index contributed by atoms with van der Waals surface area (Å²) in [5.41, 5.74) is 2.27. The van der Waals surface area contributed by atoms with Crippen LogP contribution in [0, 0.1) is 23.2 Å². The number of nitrogens with one attached hydrogen (secondary N) is 2. The summed E-state index contributed by atoms with van der Waals surface area (Å²) in [6.07, 6.45) is 2.88. The maximum absolute atomic E-state index is 12.6. The van der Waals surface area contributed by atoms with Crippen molar-refractivity contribution >= 4 is 12.0 Å². The quantitative estimate of drug-likeness (QED) is 0.773. The van der Waals surface area contributed by atoms with E-state index in [9.17, 15) is 9.59 Å². The van der Waals surface area contributed by atoms with Crippen LogP contribution in [0.3, 0.4) is 0 Å². The number of amides is 2. The van der Waals surface area contributed by atoms with Gasteiger partial charge in [0.1, 0.15) is 5.75 Å². The fraction of sp³-hybridized carbons (Fsp3) is 0.619. The lowest BCUT2D eigenvalue weighted by atomic mass is 9.49. The van der Waals surface area contributed by atoms with Crippen LogP contribution in [-0.2, 0) is 16.2 Å². The van der Waals surface area contributed by atoms with Crippen LogP contribution in [0.1, 0.15) is 53.2 Å². The number of hydroxylamine groups is 1. The molecule has 0 radical (unpaired) electrons. The Morgan fingerprint density at radius 1 is 1.11 bits per heavy atom. The minimum atomic E-state index is -2.06. The molecule has 6 heteroatoms. The van der Waals surface area contributed by atoms with Crippen molar-refractivity contribution in [2.45, 2.75) is 51.4 Å². The summed E-state index contributed by atoms with van der Waals surface area (Å²) in [4.78, 5) is 29.4. The number of methoxy groups -OCH3 is 1. The van der Waals surface area contributed by atoms with E-state index in [0.717, 1.165) is 30.6 Å². The van der Waals surface area contributed by atoms with Crippen molar-refractivity contribution in [3.05, 3.63) is 29.8 Å². The third kappa shape index (κ3) is 4.20. The smallest absolute Gasteiger partial charge is 0.431 e. The molecule has 0 aromatic heterocycles. The fourth-order valence-corrected chi connectivity index (χ4v) is 5.58. The van der Waals surface area contributed by atoms with Crippen LogP contribution in [0.15, 0.2) is 24.3 Å².